The maximum atomic E-state index is 12.7. The first kappa shape index (κ1) is 18.3. The van der Waals surface area contributed by atoms with Crippen molar-refractivity contribution in [2.24, 2.45) is 5.92 Å². The van der Waals surface area contributed by atoms with Gasteiger partial charge in [0.2, 0.25) is 5.91 Å². The lowest BCUT2D eigenvalue weighted by Crippen LogP contribution is -2.45. The van der Waals surface area contributed by atoms with E-state index in [0.717, 1.165) is 18.4 Å². The second kappa shape index (κ2) is 8.30. The Labute approximate surface area is 166 Å². The van der Waals surface area contributed by atoms with Crippen LogP contribution in [0.1, 0.15) is 28.1 Å². The van der Waals surface area contributed by atoms with E-state index in [1.54, 1.807) is 22.1 Å². The number of nitrogens with zero attached hydrogens (tertiary/aromatic N) is 5. The van der Waals surface area contributed by atoms with Crippen LogP contribution in [0.4, 0.5) is 0 Å². The Morgan fingerprint density at radius 1 is 1.29 bits per heavy atom. The molecule has 1 N–H and O–H groups in total. The number of nitrogens with one attached hydrogen (secondary N) is 1. The molecule has 4 heterocycles. The minimum Gasteiger partial charge on any atom is -0.352 e. The molecule has 0 saturated carbocycles. The lowest BCUT2D eigenvalue weighted by Gasteiger charge is -2.31. The largest absolute Gasteiger partial charge is 0.352 e. The molecule has 1 saturated heterocycles. The van der Waals surface area contributed by atoms with E-state index in [4.69, 9.17) is 0 Å². The fourth-order valence-corrected chi connectivity index (χ4v) is 4.04. The molecule has 1 fully saturated rings. The van der Waals surface area contributed by atoms with Crippen LogP contribution in [0.15, 0.2) is 48.5 Å². The number of carbonyl (C=O) groups is 2. The highest BCUT2D eigenvalue weighted by Gasteiger charge is 2.29. The van der Waals surface area contributed by atoms with Crippen molar-refractivity contribution in [2.45, 2.75) is 19.4 Å². The van der Waals surface area contributed by atoms with Crippen molar-refractivity contribution < 1.29 is 9.59 Å². The zero-order valence-electron chi connectivity index (χ0n) is 15.2. The second-order valence-electron chi connectivity index (χ2n) is 6.61. The lowest BCUT2D eigenvalue weighted by molar-refractivity contribution is -0.126. The van der Waals surface area contributed by atoms with Crippen molar-refractivity contribution >= 4 is 23.2 Å². The van der Waals surface area contributed by atoms with Gasteiger partial charge >= 0.3 is 0 Å². The van der Waals surface area contributed by atoms with E-state index in [1.807, 2.05) is 29.6 Å². The molecule has 0 spiro atoms. The molecule has 1 atom stereocenters. The minimum absolute atomic E-state index is 0.00762. The predicted molar refractivity (Wildman–Crippen MR) is 104 cm³/mol. The van der Waals surface area contributed by atoms with Gasteiger partial charge in [0.1, 0.15) is 12.7 Å². The molecule has 1 aliphatic heterocycles. The third-order valence-corrected chi connectivity index (χ3v) is 5.63. The van der Waals surface area contributed by atoms with Crippen molar-refractivity contribution in [3.63, 3.8) is 0 Å². The van der Waals surface area contributed by atoms with Crippen molar-refractivity contribution in [3.8, 4) is 5.82 Å². The van der Waals surface area contributed by atoms with Gasteiger partial charge < -0.3 is 10.2 Å². The minimum atomic E-state index is -0.204. The molecule has 2 amide bonds. The molecule has 0 unspecified atom stereocenters. The van der Waals surface area contributed by atoms with Crippen LogP contribution >= 0.6 is 11.3 Å². The third-order valence-electron chi connectivity index (χ3n) is 4.77. The Morgan fingerprint density at radius 3 is 3.00 bits per heavy atom. The summed E-state index contributed by atoms with van der Waals surface area (Å²) in [4.78, 5) is 36.1. The van der Waals surface area contributed by atoms with E-state index >= 15 is 0 Å². The molecule has 4 rings (SSSR count). The number of carbonyl (C=O) groups excluding carboxylic acids is 2. The number of thiophene rings is 1. The second-order valence-corrected chi connectivity index (χ2v) is 7.56. The average molecular weight is 396 g/mol. The monoisotopic (exact) mass is 396 g/mol. The third kappa shape index (κ3) is 3.94. The Bertz CT molecular complexity index is 941. The van der Waals surface area contributed by atoms with E-state index in [0.29, 0.717) is 30.3 Å². The Hall–Kier alpha value is -3.07. The van der Waals surface area contributed by atoms with Gasteiger partial charge in [-0.1, -0.05) is 12.1 Å². The zero-order valence-corrected chi connectivity index (χ0v) is 16.0. The number of rotatable bonds is 5. The average Bonchev–Trinajstić information content (AvgIpc) is 3.46. The van der Waals surface area contributed by atoms with E-state index < -0.39 is 0 Å². The molecule has 3 aromatic rings. The van der Waals surface area contributed by atoms with Crippen LogP contribution < -0.4 is 5.32 Å². The van der Waals surface area contributed by atoms with Crippen LogP contribution in [0.3, 0.4) is 0 Å². The Kier molecular flexibility index (Phi) is 5.43. The van der Waals surface area contributed by atoms with Gasteiger partial charge in [-0.3, -0.25) is 9.59 Å². The van der Waals surface area contributed by atoms with Crippen molar-refractivity contribution in [2.75, 3.05) is 13.1 Å². The van der Waals surface area contributed by atoms with Gasteiger partial charge in [-0.2, -0.15) is 5.10 Å². The molecule has 3 aromatic heterocycles. The highest BCUT2D eigenvalue weighted by atomic mass is 32.1. The highest BCUT2D eigenvalue weighted by molar-refractivity contribution is 7.12. The van der Waals surface area contributed by atoms with Gasteiger partial charge in [0.25, 0.3) is 5.91 Å². The molecule has 28 heavy (non-hydrogen) atoms. The van der Waals surface area contributed by atoms with Crippen molar-refractivity contribution in [1.82, 2.24) is 30.0 Å². The van der Waals surface area contributed by atoms with Crippen LogP contribution in [-0.2, 0) is 11.3 Å². The quantitative estimate of drug-likeness (QED) is 0.711. The highest BCUT2D eigenvalue weighted by Crippen LogP contribution is 2.21. The topological polar surface area (TPSA) is 93.0 Å². The summed E-state index contributed by atoms with van der Waals surface area (Å²) in [5.74, 6) is 0.396. The fourth-order valence-electron chi connectivity index (χ4n) is 3.35. The number of hydrogen-bond donors (Lipinski definition) is 1. The Balaban J connectivity index is 1.39. The fraction of sp³-hybridized carbons (Fsp3) is 0.316. The molecule has 9 heteroatoms. The molecule has 0 radical (unpaired) electrons. The molecule has 8 nitrogen and oxygen atoms in total. The first-order valence-electron chi connectivity index (χ1n) is 9.12. The van der Waals surface area contributed by atoms with Gasteiger partial charge in [0, 0.05) is 31.4 Å². The zero-order chi connectivity index (χ0) is 19.3. The van der Waals surface area contributed by atoms with Crippen molar-refractivity contribution in [3.05, 3.63) is 58.9 Å². The molecule has 144 valence electrons. The van der Waals surface area contributed by atoms with Gasteiger partial charge in [-0.25, -0.2) is 14.6 Å². The summed E-state index contributed by atoms with van der Waals surface area (Å²) < 4.78 is 1.57. The molecule has 0 aromatic carbocycles. The molecule has 0 bridgehead atoms. The van der Waals surface area contributed by atoms with E-state index in [1.165, 1.54) is 17.7 Å². The number of amides is 2. The number of likely N-dealkylation sites (tertiary alicyclic amines) is 1. The van der Waals surface area contributed by atoms with Gasteiger partial charge in [-0.15, -0.1) is 11.3 Å². The maximum Gasteiger partial charge on any atom is 0.263 e. The van der Waals surface area contributed by atoms with Gasteiger partial charge in [0.15, 0.2) is 5.82 Å². The summed E-state index contributed by atoms with van der Waals surface area (Å²) in [7, 11) is 0. The smallest absolute Gasteiger partial charge is 0.263 e. The molecular weight excluding hydrogens is 376 g/mol. The number of piperidine rings is 1. The summed E-state index contributed by atoms with van der Waals surface area (Å²) in [5, 5.41) is 8.99. The summed E-state index contributed by atoms with van der Waals surface area (Å²) in [6.07, 6.45) is 6.30. The van der Waals surface area contributed by atoms with E-state index in [2.05, 4.69) is 20.4 Å². The first-order chi connectivity index (χ1) is 13.7. The summed E-state index contributed by atoms with van der Waals surface area (Å²) in [5.41, 5.74) is 0.851. The maximum absolute atomic E-state index is 12.7. The van der Waals surface area contributed by atoms with Crippen LogP contribution in [0.25, 0.3) is 5.82 Å². The SMILES string of the molecule is O=C(NCc1cccnc1-n1cncn1)[C@H]1CCCN(C(=O)c2cccs2)C1. The number of pyridine rings is 1. The summed E-state index contributed by atoms with van der Waals surface area (Å²) in [6, 6.07) is 7.42. The number of hydrogen-bond acceptors (Lipinski definition) is 6. The summed E-state index contributed by atoms with van der Waals surface area (Å²) in [6.45, 7) is 1.49. The standard InChI is InChI=1S/C19H20N6O2S/c26-18(15-5-2-8-24(11-15)19(27)16-6-3-9-28-16)22-10-14-4-1-7-21-17(14)25-13-20-12-23-25/h1,3-4,6-7,9,12-13,15H,2,5,8,10-11H2,(H,22,26)/t15-/m0/s1. The van der Waals surface area contributed by atoms with Gasteiger partial charge in [0.05, 0.1) is 10.8 Å². The molecular formula is C19H20N6O2S. The van der Waals surface area contributed by atoms with E-state index in [9.17, 15) is 9.59 Å². The molecule has 0 aliphatic carbocycles. The van der Waals surface area contributed by atoms with Gasteiger partial charge in [-0.05, 0) is 30.4 Å². The Morgan fingerprint density at radius 2 is 2.21 bits per heavy atom. The normalized spacial score (nSPS) is 16.7. The number of aromatic nitrogens is 4. The van der Waals surface area contributed by atoms with Crippen LogP contribution in [0.5, 0.6) is 0 Å². The van der Waals surface area contributed by atoms with Crippen LogP contribution in [0.2, 0.25) is 0 Å². The van der Waals surface area contributed by atoms with E-state index in [-0.39, 0.29) is 17.7 Å². The van der Waals surface area contributed by atoms with Crippen molar-refractivity contribution in [1.29, 1.82) is 0 Å². The van der Waals surface area contributed by atoms with Crippen LogP contribution in [-0.4, -0.2) is 49.6 Å². The first-order valence-corrected chi connectivity index (χ1v) is 9.99. The predicted octanol–water partition coefficient (Wildman–Crippen LogP) is 1.89. The summed E-state index contributed by atoms with van der Waals surface area (Å²) >= 11 is 1.43. The van der Waals surface area contributed by atoms with Crippen LogP contribution in [0, 0.1) is 5.92 Å². The molecule has 1 aliphatic rings. The lowest BCUT2D eigenvalue weighted by atomic mass is 9.97.